The number of hydrogen-bond acceptors (Lipinski definition) is 5. The van der Waals surface area contributed by atoms with Crippen molar-refractivity contribution in [2.45, 2.75) is 0 Å². The average Bonchev–Trinajstić information content (AvgIpc) is 1.14. The Bertz CT molecular complexity index is 237. The molecule has 0 rings (SSSR count). The molecule has 0 unspecified atom stereocenters. The molecule has 0 atom stereocenters. The molecule has 0 heterocycles. The SMILES string of the molecule is O.[Na].[O]=[Cr](=[O])([OH])[O][Cr](=[O])(=[O])[OH]. The Balaban J connectivity index is -0.000000320. The van der Waals surface area contributed by atoms with Crippen LogP contribution in [0.25, 0.3) is 0 Å². The Morgan fingerprint density at radius 1 is 0.909 bits per heavy atom. The molecule has 0 fully saturated rings. The molecular weight excluding hydrogens is 255 g/mol. The molecule has 0 spiro atoms. The van der Waals surface area contributed by atoms with Gasteiger partial charge in [-0.15, -0.1) is 0 Å². The van der Waals surface area contributed by atoms with E-state index in [0.717, 1.165) is 0 Å². The van der Waals surface area contributed by atoms with Crippen LogP contribution in [0, 0.1) is 0 Å². The van der Waals surface area contributed by atoms with Crippen LogP contribution in [0.2, 0.25) is 0 Å². The summed E-state index contributed by atoms with van der Waals surface area (Å²) >= 11 is -11.5. The molecule has 0 aromatic rings. The van der Waals surface area contributed by atoms with Gasteiger partial charge in [0.1, 0.15) is 0 Å². The second-order valence-electron chi connectivity index (χ2n) is 0.924. The minimum absolute atomic E-state index is 0. The third-order valence-corrected chi connectivity index (χ3v) is 2.92. The van der Waals surface area contributed by atoms with Gasteiger partial charge in [0.2, 0.25) is 0 Å². The molecule has 0 saturated carbocycles. The van der Waals surface area contributed by atoms with Gasteiger partial charge in [-0.05, 0) is 0 Å². The molecule has 0 saturated heterocycles. The standard InChI is InChI=1S/2Cr.Na.3H2O.5O/h;;;3*1H2;;;;;/q2*+1;;;;;;;;;/p-2. The minimum atomic E-state index is -5.76. The molecule has 0 amide bonds. The summed E-state index contributed by atoms with van der Waals surface area (Å²) in [4.78, 5) is 0. The zero-order valence-electron chi connectivity index (χ0n) is 5.25. The van der Waals surface area contributed by atoms with Crippen molar-refractivity contribution in [3.05, 3.63) is 0 Å². The molecular formula is H4Cr2NaO8. The molecule has 0 aliphatic carbocycles. The molecule has 0 aromatic carbocycles. The van der Waals surface area contributed by atoms with Crippen molar-refractivity contribution >= 4 is 29.6 Å². The fourth-order valence-electron chi connectivity index (χ4n) is 0.109. The van der Waals surface area contributed by atoms with E-state index < -0.39 is 27.2 Å². The van der Waals surface area contributed by atoms with Gasteiger partial charge in [0.15, 0.2) is 0 Å². The average molecular weight is 259 g/mol. The Morgan fingerprint density at radius 3 is 1.09 bits per heavy atom. The van der Waals surface area contributed by atoms with Crippen LogP contribution >= 0.6 is 0 Å². The molecule has 8 nitrogen and oxygen atoms in total. The summed E-state index contributed by atoms with van der Waals surface area (Å²) in [6.45, 7) is 0. The zero-order chi connectivity index (χ0) is 7.71. The topological polar surface area (TPSA) is 149 Å². The molecule has 0 aliphatic rings. The Morgan fingerprint density at radius 2 is 1.09 bits per heavy atom. The summed E-state index contributed by atoms with van der Waals surface area (Å²) in [6.07, 6.45) is 0. The second-order valence-corrected chi connectivity index (χ2v) is 4.68. The Labute approximate surface area is 87.9 Å². The van der Waals surface area contributed by atoms with Crippen LogP contribution in [-0.2, 0) is 45.3 Å². The Kier molecular flexibility index (Phi) is 9.33. The molecule has 0 aliphatic heterocycles. The van der Waals surface area contributed by atoms with Gasteiger partial charge in [-0.1, -0.05) is 0 Å². The van der Waals surface area contributed by atoms with Crippen molar-refractivity contribution in [3.8, 4) is 0 Å². The molecule has 11 heavy (non-hydrogen) atoms. The van der Waals surface area contributed by atoms with E-state index in [1.807, 2.05) is 0 Å². The van der Waals surface area contributed by atoms with Crippen molar-refractivity contribution in [1.82, 2.24) is 0 Å². The molecule has 0 bridgehead atoms. The van der Waals surface area contributed by atoms with Crippen molar-refractivity contribution in [1.29, 1.82) is 0 Å². The summed E-state index contributed by atoms with van der Waals surface area (Å²) in [5, 5.41) is 0. The predicted molar refractivity (Wildman–Crippen MR) is 17.6 cm³/mol. The van der Waals surface area contributed by atoms with Gasteiger partial charge in [0, 0.05) is 29.6 Å². The molecule has 4 N–H and O–H groups in total. The third-order valence-electron chi connectivity index (χ3n) is 0.172. The fraction of sp³-hybridized carbons (Fsp3) is 0. The molecule has 1 radical (unpaired) electrons. The number of rotatable bonds is 2. The van der Waals surface area contributed by atoms with Gasteiger partial charge < -0.3 is 5.48 Å². The number of hydrogen-bond donors (Lipinski definition) is 2. The van der Waals surface area contributed by atoms with E-state index in [-0.39, 0.29) is 35.0 Å². The van der Waals surface area contributed by atoms with Crippen LogP contribution in [0.3, 0.4) is 0 Å². The first-order valence-electron chi connectivity index (χ1n) is 1.37. The summed E-state index contributed by atoms with van der Waals surface area (Å²) < 4.78 is 56.3. The maximum atomic E-state index is 9.53. The van der Waals surface area contributed by atoms with Crippen molar-refractivity contribution < 1.29 is 59.1 Å². The van der Waals surface area contributed by atoms with E-state index in [0.29, 0.717) is 0 Å². The first kappa shape index (κ1) is 18.0. The van der Waals surface area contributed by atoms with Crippen LogP contribution in [0.5, 0.6) is 0 Å². The van der Waals surface area contributed by atoms with E-state index in [4.69, 9.17) is 8.32 Å². The van der Waals surface area contributed by atoms with E-state index in [1.54, 1.807) is 0 Å². The third kappa shape index (κ3) is 18.2. The van der Waals surface area contributed by atoms with Crippen LogP contribution in [0.4, 0.5) is 0 Å². The van der Waals surface area contributed by atoms with Crippen LogP contribution in [-0.4, -0.2) is 43.3 Å². The monoisotopic (exact) mass is 259 g/mol. The van der Waals surface area contributed by atoms with Gasteiger partial charge >= 0.3 is 53.6 Å². The molecule has 0 aromatic heterocycles. The van der Waals surface area contributed by atoms with Crippen molar-refractivity contribution in [2.75, 3.05) is 0 Å². The summed E-state index contributed by atoms with van der Waals surface area (Å²) in [6, 6.07) is 0. The zero-order valence-corrected chi connectivity index (χ0v) is 9.80. The van der Waals surface area contributed by atoms with Gasteiger partial charge in [0.05, 0.1) is 0 Å². The van der Waals surface area contributed by atoms with Gasteiger partial charge in [-0.2, -0.15) is 0 Å². The maximum absolute atomic E-state index is 9.53. The first-order chi connectivity index (χ1) is 3.71. The summed E-state index contributed by atoms with van der Waals surface area (Å²) in [5.74, 6) is 0. The van der Waals surface area contributed by atoms with Crippen LogP contribution < -0.4 is 0 Å². The fourth-order valence-corrected chi connectivity index (χ4v) is 1.85. The quantitative estimate of drug-likeness (QED) is 0.506. The van der Waals surface area contributed by atoms with Gasteiger partial charge in [-0.25, -0.2) is 0 Å². The summed E-state index contributed by atoms with van der Waals surface area (Å²) in [5.41, 5.74) is 0. The van der Waals surface area contributed by atoms with Crippen molar-refractivity contribution in [3.63, 3.8) is 0 Å². The van der Waals surface area contributed by atoms with E-state index >= 15 is 0 Å². The normalized spacial score (nSPS) is 11.1. The molecule has 65 valence electrons. The van der Waals surface area contributed by atoms with E-state index in [9.17, 15) is 15.2 Å². The van der Waals surface area contributed by atoms with Gasteiger partial charge in [-0.3, -0.25) is 0 Å². The predicted octanol–water partition coefficient (Wildman–Crippen LogP) is -2.87. The van der Waals surface area contributed by atoms with E-state index in [1.165, 1.54) is 0 Å². The van der Waals surface area contributed by atoms with Gasteiger partial charge in [0.25, 0.3) is 0 Å². The van der Waals surface area contributed by atoms with Crippen LogP contribution in [0.1, 0.15) is 0 Å². The Hall–Kier alpha value is 1.10. The van der Waals surface area contributed by atoms with Crippen LogP contribution in [0.15, 0.2) is 0 Å². The first-order valence-corrected chi connectivity index (χ1v) is 5.63. The second kappa shape index (κ2) is 5.70. The molecule has 11 heteroatoms. The van der Waals surface area contributed by atoms with Crippen molar-refractivity contribution in [2.24, 2.45) is 0 Å². The summed E-state index contributed by atoms with van der Waals surface area (Å²) in [7, 11) is 0. The van der Waals surface area contributed by atoms with E-state index in [2.05, 4.69) is 2.84 Å².